The number of halogens is 1. The maximum absolute atomic E-state index is 13.4. The third-order valence-electron chi connectivity index (χ3n) is 6.44. The summed E-state index contributed by atoms with van der Waals surface area (Å²) in [5, 5.41) is 14.6. The van der Waals surface area contributed by atoms with Crippen LogP contribution in [0.4, 0.5) is 10.1 Å². The summed E-state index contributed by atoms with van der Waals surface area (Å²) >= 11 is 0. The molecule has 3 aromatic rings. The van der Waals surface area contributed by atoms with Gasteiger partial charge in [0.05, 0.1) is 30.1 Å². The molecule has 4 rings (SSSR count). The number of amides is 2. The Morgan fingerprint density at radius 2 is 1.89 bits per heavy atom. The highest BCUT2D eigenvalue weighted by atomic mass is 19.1. The molecule has 0 unspecified atom stereocenters. The van der Waals surface area contributed by atoms with Crippen LogP contribution in [0, 0.1) is 19.7 Å². The van der Waals surface area contributed by atoms with E-state index in [1.165, 1.54) is 35.4 Å². The smallest absolute Gasteiger partial charge is 0.333 e. The molecule has 0 bridgehead atoms. The number of rotatable bonds is 8. The van der Waals surface area contributed by atoms with Crippen LogP contribution < -0.4 is 10.6 Å². The lowest BCUT2D eigenvalue weighted by Crippen LogP contribution is -2.35. The predicted molar refractivity (Wildman–Crippen MR) is 134 cm³/mol. The lowest BCUT2D eigenvalue weighted by molar-refractivity contribution is -0.133. The van der Waals surface area contributed by atoms with Gasteiger partial charge in [0.15, 0.2) is 0 Å². The summed E-state index contributed by atoms with van der Waals surface area (Å²) in [5.74, 6) is -3.39. The second-order valence-corrected chi connectivity index (χ2v) is 8.90. The molecule has 0 saturated carbocycles. The Morgan fingerprint density at radius 3 is 2.51 bits per heavy atom. The van der Waals surface area contributed by atoms with E-state index in [1.807, 2.05) is 13.0 Å². The lowest BCUT2D eigenvalue weighted by Gasteiger charge is -2.31. The van der Waals surface area contributed by atoms with E-state index in [9.17, 15) is 23.9 Å². The summed E-state index contributed by atoms with van der Waals surface area (Å²) in [6.07, 6.45) is 1.15. The zero-order chi connectivity index (χ0) is 26.9. The molecule has 3 N–H and O–H groups in total. The molecule has 2 amide bonds. The number of ether oxygens (including phenoxy) is 1. The molecule has 0 spiro atoms. The Hall–Kier alpha value is -4.31. The monoisotopic (exact) mass is 506 g/mol. The first kappa shape index (κ1) is 25.8. The third-order valence-corrected chi connectivity index (χ3v) is 6.44. The molecule has 1 aliphatic rings. The molecule has 2 heterocycles. The molecule has 37 heavy (non-hydrogen) atoms. The summed E-state index contributed by atoms with van der Waals surface area (Å²) < 4.78 is 20.3. The maximum atomic E-state index is 13.4. The number of hydrogen-bond donors (Lipinski definition) is 2. The fraction of sp³-hybridized carbons (Fsp3) is 0.259. The highest BCUT2D eigenvalue weighted by Crippen LogP contribution is 2.39. The van der Waals surface area contributed by atoms with Crippen LogP contribution in [0.25, 0.3) is 11.3 Å². The van der Waals surface area contributed by atoms with E-state index in [-0.39, 0.29) is 23.5 Å². The predicted octanol–water partition coefficient (Wildman–Crippen LogP) is 3.54. The molecule has 0 radical (unpaired) electrons. The first-order valence-corrected chi connectivity index (χ1v) is 11.6. The second-order valence-electron chi connectivity index (χ2n) is 8.90. The number of methoxy groups -OCH3 is 1. The van der Waals surface area contributed by atoms with Crippen LogP contribution in [0.2, 0.25) is 0 Å². The standard InChI is InChI=1S/C27H27FN4O5/c1-15-10-24(21(12-19(15)26(29)34)23-11-16(2)32(30-23)8-9-37-3)31-14-22(27(35)36)20(13-25(31)33)17-4-6-18(28)7-5-17/h4-7,10-12,14,20H,8-9,13H2,1-3H3,(H2,29,34)(H,35,36)/t20-/m0/s1. The van der Waals surface area contributed by atoms with Gasteiger partial charge in [0, 0.05) is 42.5 Å². The van der Waals surface area contributed by atoms with E-state index in [1.54, 1.807) is 30.8 Å². The van der Waals surface area contributed by atoms with Crippen molar-refractivity contribution in [2.75, 3.05) is 18.6 Å². The summed E-state index contributed by atoms with van der Waals surface area (Å²) in [6.45, 7) is 4.50. The topological polar surface area (TPSA) is 128 Å². The Balaban J connectivity index is 1.87. The zero-order valence-corrected chi connectivity index (χ0v) is 20.7. The van der Waals surface area contributed by atoms with Crippen LogP contribution in [0.1, 0.15) is 39.5 Å². The minimum absolute atomic E-state index is 0.0180. The van der Waals surface area contributed by atoms with Crippen LogP contribution in [0.5, 0.6) is 0 Å². The number of carboxylic acid groups (broad SMARTS) is 1. The highest BCUT2D eigenvalue weighted by molar-refractivity contribution is 6.06. The van der Waals surface area contributed by atoms with E-state index >= 15 is 0 Å². The molecule has 1 aromatic heterocycles. The van der Waals surface area contributed by atoms with Gasteiger partial charge in [-0.25, -0.2) is 9.18 Å². The third kappa shape index (κ3) is 5.14. The number of primary amides is 1. The van der Waals surface area contributed by atoms with Crippen LogP contribution in [0.3, 0.4) is 0 Å². The van der Waals surface area contributed by atoms with E-state index < -0.39 is 23.6 Å². The normalized spacial score (nSPS) is 15.6. The number of anilines is 1. The zero-order valence-electron chi connectivity index (χ0n) is 20.7. The molecular formula is C27H27FN4O5. The first-order chi connectivity index (χ1) is 17.6. The molecule has 9 nitrogen and oxygen atoms in total. The highest BCUT2D eigenvalue weighted by Gasteiger charge is 2.34. The number of carbonyl (C=O) groups is 3. The molecule has 1 aliphatic heterocycles. The Morgan fingerprint density at radius 1 is 1.19 bits per heavy atom. The van der Waals surface area contributed by atoms with Gasteiger partial charge < -0.3 is 15.6 Å². The molecule has 192 valence electrons. The van der Waals surface area contributed by atoms with Gasteiger partial charge >= 0.3 is 5.97 Å². The van der Waals surface area contributed by atoms with E-state index in [2.05, 4.69) is 5.10 Å². The van der Waals surface area contributed by atoms with Gasteiger partial charge in [0.2, 0.25) is 11.8 Å². The maximum Gasteiger partial charge on any atom is 0.333 e. The van der Waals surface area contributed by atoms with Crippen molar-refractivity contribution in [3.8, 4) is 11.3 Å². The summed E-state index contributed by atoms with van der Waals surface area (Å²) in [6, 6.07) is 10.4. The average Bonchev–Trinajstić information content (AvgIpc) is 3.22. The lowest BCUT2D eigenvalue weighted by atomic mass is 9.85. The quantitative estimate of drug-likeness (QED) is 0.481. The number of aliphatic carboxylic acids is 1. The van der Waals surface area contributed by atoms with E-state index in [0.29, 0.717) is 41.2 Å². The number of aromatic nitrogens is 2. The van der Waals surface area contributed by atoms with Crippen LogP contribution in [-0.4, -0.2) is 46.4 Å². The number of nitrogens with two attached hydrogens (primary N) is 1. The second kappa shape index (κ2) is 10.4. The Labute approximate surface area is 212 Å². The van der Waals surface area contributed by atoms with Gasteiger partial charge in [-0.3, -0.25) is 19.2 Å². The molecule has 0 saturated heterocycles. The Kier molecular flexibility index (Phi) is 7.21. The van der Waals surface area contributed by atoms with Gasteiger partial charge in [-0.05, 0) is 55.3 Å². The SMILES string of the molecule is COCCn1nc(-c2cc(C(N)=O)c(C)cc2N2C=C(C(=O)O)[C@H](c3ccc(F)cc3)CC2=O)cc1C. The van der Waals surface area contributed by atoms with E-state index in [4.69, 9.17) is 10.5 Å². The van der Waals surface area contributed by atoms with Crippen LogP contribution in [0.15, 0.2) is 54.2 Å². The molecule has 10 heteroatoms. The fourth-order valence-corrected chi connectivity index (χ4v) is 4.49. The van der Waals surface area contributed by atoms with Crippen LogP contribution >= 0.6 is 0 Å². The molecule has 0 aliphatic carbocycles. The molecule has 2 aromatic carbocycles. The van der Waals surface area contributed by atoms with E-state index in [0.717, 1.165) is 5.69 Å². The van der Waals surface area contributed by atoms with Gasteiger partial charge in [0.1, 0.15) is 5.82 Å². The molecule has 0 fully saturated rings. The molecular weight excluding hydrogens is 479 g/mol. The Bertz CT molecular complexity index is 1410. The number of carboxylic acids is 1. The largest absolute Gasteiger partial charge is 0.478 e. The van der Waals surface area contributed by atoms with Gasteiger partial charge in [-0.15, -0.1) is 0 Å². The minimum atomic E-state index is -1.20. The molecule has 1 atom stereocenters. The van der Waals surface area contributed by atoms with Crippen molar-refractivity contribution in [3.05, 3.63) is 82.4 Å². The van der Waals surface area contributed by atoms with Crippen molar-refractivity contribution in [3.63, 3.8) is 0 Å². The van der Waals surface area contributed by atoms with Gasteiger partial charge in [0.25, 0.3) is 0 Å². The summed E-state index contributed by atoms with van der Waals surface area (Å²) in [7, 11) is 1.59. The fourth-order valence-electron chi connectivity index (χ4n) is 4.49. The number of aryl methyl sites for hydroxylation is 2. The first-order valence-electron chi connectivity index (χ1n) is 11.6. The summed E-state index contributed by atoms with van der Waals surface area (Å²) in [5.41, 5.74) is 9.05. The van der Waals surface area contributed by atoms with Crippen LogP contribution in [-0.2, 0) is 20.9 Å². The van der Waals surface area contributed by atoms with Crippen molar-refractivity contribution in [1.29, 1.82) is 0 Å². The number of carbonyl (C=O) groups excluding carboxylic acids is 2. The number of hydrogen-bond acceptors (Lipinski definition) is 5. The van der Waals surface area contributed by atoms with Crippen molar-refractivity contribution >= 4 is 23.5 Å². The number of benzene rings is 2. The average molecular weight is 507 g/mol. The van der Waals surface area contributed by atoms with Crippen molar-refractivity contribution in [1.82, 2.24) is 9.78 Å². The van der Waals surface area contributed by atoms with Crippen molar-refractivity contribution in [2.45, 2.75) is 32.7 Å². The number of nitrogens with zero attached hydrogens (tertiary/aromatic N) is 3. The van der Waals surface area contributed by atoms with Gasteiger partial charge in [-0.2, -0.15) is 5.10 Å². The van der Waals surface area contributed by atoms with Crippen molar-refractivity contribution in [2.24, 2.45) is 5.73 Å². The minimum Gasteiger partial charge on any atom is -0.478 e. The van der Waals surface area contributed by atoms with Crippen molar-refractivity contribution < 1.29 is 28.6 Å². The summed E-state index contributed by atoms with van der Waals surface area (Å²) in [4.78, 5) is 39.1. The van der Waals surface area contributed by atoms with Gasteiger partial charge in [-0.1, -0.05) is 12.1 Å².